The molecule has 1 heterocycles. The first-order valence-electron chi connectivity index (χ1n) is 15.1. The average Bonchev–Trinajstić information content (AvgIpc) is 3.30. The Kier molecular flexibility index (Phi) is 19.3. The van der Waals surface area contributed by atoms with E-state index in [-0.39, 0.29) is 31.7 Å². The number of esters is 3. The second kappa shape index (κ2) is 21.6. The summed E-state index contributed by atoms with van der Waals surface area (Å²) in [6, 6.07) is 0. The minimum absolute atomic E-state index is 0.0605. The maximum Gasteiger partial charge on any atom is 0.306 e. The van der Waals surface area contributed by atoms with Crippen molar-refractivity contribution < 1.29 is 38.1 Å². The highest BCUT2D eigenvalue weighted by atomic mass is 16.6. The van der Waals surface area contributed by atoms with Gasteiger partial charge in [-0.1, -0.05) is 78.1 Å². The molecule has 0 aromatic carbocycles. The summed E-state index contributed by atoms with van der Waals surface area (Å²) in [5, 5.41) is 0. The molecule has 0 spiro atoms. The van der Waals surface area contributed by atoms with Crippen LogP contribution in [0.1, 0.15) is 117 Å². The minimum Gasteiger partial charge on any atom is -0.466 e. The minimum atomic E-state index is -0.591. The van der Waals surface area contributed by atoms with Gasteiger partial charge in [0, 0.05) is 33.3 Å². The molecule has 2 unspecified atom stereocenters. The summed E-state index contributed by atoms with van der Waals surface area (Å²) in [5.74, 6) is -2.09. The van der Waals surface area contributed by atoms with E-state index in [1.807, 2.05) is 0 Å². The SMILES string of the molecule is CCCCCCCCOC(=O)CC(CC(=O)OCCCCCCCC)CC(=O)OC1CN(C(C)=O)CC1OC. The Morgan fingerprint density at radius 3 is 1.56 bits per heavy atom. The first-order valence-corrected chi connectivity index (χ1v) is 15.1. The van der Waals surface area contributed by atoms with Crippen molar-refractivity contribution in [1.82, 2.24) is 4.90 Å². The number of rotatable bonds is 22. The fourth-order valence-electron chi connectivity index (χ4n) is 4.74. The summed E-state index contributed by atoms with van der Waals surface area (Å²) in [5.41, 5.74) is 0. The second-order valence-corrected chi connectivity index (χ2v) is 10.7. The van der Waals surface area contributed by atoms with E-state index in [2.05, 4.69) is 13.8 Å². The van der Waals surface area contributed by atoms with Gasteiger partial charge in [0.25, 0.3) is 0 Å². The molecule has 1 aliphatic rings. The van der Waals surface area contributed by atoms with Crippen LogP contribution in [0.25, 0.3) is 0 Å². The average molecular weight is 556 g/mol. The van der Waals surface area contributed by atoms with Crippen molar-refractivity contribution in [1.29, 1.82) is 0 Å². The van der Waals surface area contributed by atoms with E-state index in [0.29, 0.717) is 19.8 Å². The lowest BCUT2D eigenvalue weighted by Crippen LogP contribution is -2.32. The topological polar surface area (TPSA) is 108 Å². The van der Waals surface area contributed by atoms with Gasteiger partial charge in [0.15, 0.2) is 0 Å². The largest absolute Gasteiger partial charge is 0.466 e. The quantitative estimate of drug-likeness (QED) is 0.0997. The van der Waals surface area contributed by atoms with Gasteiger partial charge < -0.3 is 23.8 Å². The number of amides is 1. The summed E-state index contributed by atoms with van der Waals surface area (Å²) < 4.78 is 21.8. The molecule has 9 nitrogen and oxygen atoms in total. The van der Waals surface area contributed by atoms with Gasteiger partial charge in [-0.2, -0.15) is 0 Å². The lowest BCUT2D eigenvalue weighted by Gasteiger charge is -2.20. The highest BCUT2D eigenvalue weighted by molar-refractivity contribution is 5.77. The van der Waals surface area contributed by atoms with Gasteiger partial charge in [-0.15, -0.1) is 0 Å². The van der Waals surface area contributed by atoms with Crippen LogP contribution in [0.3, 0.4) is 0 Å². The van der Waals surface area contributed by atoms with E-state index in [9.17, 15) is 19.2 Å². The van der Waals surface area contributed by atoms with Crippen LogP contribution in [0.2, 0.25) is 0 Å². The van der Waals surface area contributed by atoms with Crippen LogP contribution in [0.15, 0.2) is 0 Å². The maximum absolute atomic E-state index is 12.8. The van der Waals surface area contributed by atoms with Crippen molar-refractivity contribution in [2.45, 2.75) is 129 Å². The number of ether oxygens (including phenoxy) is 4. The van der Waals surface area contributed by atoms with Gasteiger partial charge in [-0.25, -0.2) is 0 Å². The number of methoxy groups -OCH3 is 1. The number of carbonyl (C=O) groups is 4. The standard InChI is InChI=1S/C30H53NO8/c1-5-7-9-11-13-15-17-37-28(33)19-25(20-29(34)38-18-16-14-12-10-8-6-2)21-30(35)39-27-23-31(24(3)32)22-26(27)36-4/h25-27H,5-23H2,1-4H3. The van der Waals surface area contributed by atoms with Crippen LogP contribution in [0.5, 0.6) is 0 Å². The molecule has 1 fully saturated rings. The molecule has 0 radical (unpaired) electrons. The van der Waals surface area contributed by atoms with Crippen LogP contribution < -0.4 is 0 Å². The summed E-state index contributed by atoms with van der Waals surface area (Å²) in [6.07, 6.45) is 11.8. The highest BCUT2D eigenvalue weighted by Gasteiger charge is 2.37. The third-order valence-electron chi connectivity index (χ3n) is 7.13. The zero-order chi connectivity index (χ0) is 28.9. The molecule has 0 aromatic heterocycles. The Morgan fingerprint density at radius 2 is 1.10 bits per heavy atom. The lowest BCUT2D eigenvalue weighted by molar-refractivity contribution is -0.156. The molecule has 0 aromatic rings. The van der Waals surface area contributed by atoms with E-state index < -0.39 is 36.0 Å². The van der Waals surface area contributed by atoms with E-state index in [0.717, 1.165) is 38.5 Å². The van der Waals surface area contributed by atoms with Gasteiger partial charge in [0.2, 0.25) is 5.91 Å². The van der Waals surface area contributed by atoms with Crippen LogP contribution in [-0.2, 0) is 38.1 Å². The van der Waals surface area contributed by atoms with Crippen molar-refractivity contribution in [2.75, 3.05) is 33.4 Å². The Bertz CT molecular complexity index is 681. The molecular formula is C30H53NO8. The Balaban J connectivity index is 2.57. The predicted octanol–water partition coefficient (Wildman–Crippen LogP) is 5.37. The van der Waals surface area contributed by atoms with Crippen LogP contribution >= 0.6 is 0 Å². The first kappa shape index (κ1) is 34.9. The number of nitrogens with zero attached hydrogens (tertiary/aromatic N) is 1. The molecule has 226 valence electrons. The van der Waals surface area contributed by atoms with Crippen molar-refractivity contribution in [2.24, 2.45) is 5.92 Å². The molecule has 9 heteroatoms. The van der Waals surface area contributed by atoms with Crippen molar-refractivity contribution in [3.05, 3.63) is 0 Å². The Hall–Kier alpha value is -2.16. The van der Waals surface area contributed by atoms with Gasteiger partial charge >= 0.3 is 17.9 Å². The van der Waals surface area contributed by atoms with Gasteiger partial charge in [0.05, 0.1) is 26.3 Å². The van der Waals surface area contributed by atoms with Crippen LogP contribution in [0, 0.1) is 5.92 Å². The highest BCUT2D eigenvalue weighted by Crippen LogP contribution is 2.21. The van der Waals surface area contributed by atoms with Gasteiger partial charge in [-0.3, -0.25) is 19.2 Å². The molecule has 0 aliphatic carbocycles. The van der Waals surface area contributed by atoms with Gasteiger partial charge in [-0.05, 0) is 18.8 Å². The summed E-state index contributed by atoms with van der Waals surface area (Å²) in [4.78, 5) is 51.1. The zero-order valence-electron chi connectivity index (χ0n) is 24.9. The Morgan fingerprint density at radius 1 is 0.667 bits per heavy atom. The summed E-state index contributed by atoms with van der Waals surface area (Å²) in [6.45, 7) is 7.08. The molecule has 0 saturated carbocycles. The molecule has 0 N–H and O–H groups in total. The third kappa shape index (κ3) is 16.5. The Labute approximate surface area is 235 Å². The maximum atomic E-state index is 12.8. The molecule has 1 aliphatic heterocycles. The van der Waals surface area contributed by atoms with Crippen LogP contribution in [0.4, 0.5) is 0 Å². The fourth-order valence-corrected chi connectivity index (χ4v) is 4.74. The normalized spacial score (nSPS) is 16.9. The zero-order valence-corrected chi connectivity index (χ0v) is 24.9. The van der Waals surface area contributed by atoms with E-state index >= 15 is 0 Å². The van der Waals surface area contributed by atoms with E-state index in [1.54, 1.807) is 4.90 Å². The summed E-state index contributed by atoms with van der Waals surface area (Å²) >= 11 is 0. The molecule has 1 amide bonds. The molecule has 1 saturated heterocycles. The number of carbonyl (C=O) groups excluding carboxylic acids is 4. The monoisotopic (exact) mass is 555 g/mol. The smallest absolute Gasteiger partial charge is 0.306 e. The number of likely N-dealkylation sites (tertiary alicyclic amines) is 1. The predicted molar refractivity (Wildman–Crippen MR) is 149 cm³/mol. The summed E-state index contributed by atoms with van der Waals surface area (Å²) in [7, 11) is 1.51. The molecule has 39 heavy (non-hydrogen) atoms. The van der Waals surface area contributed by atoms with Crippen molar-refractivity contribution >= 4 is 23.8 Å². The fraction of sp³-hybridized carbons (Fsp3) is 0.867. The molecular weight excluding hydrogens is 502 g/mol. The number of hydrogen-bond acceptors (Lipinski definition) is 8. The number of hydrogen-bond donors (Lipinski definition) is 0. The van der Waals surface area contributed by atoms with Crippen molar-refractivity contribution in [3.63, 3.8) is 0 Å². The molecule has 0 bridgehead atoms. The van der Waals surface area contributed by atoms with E-state index in [1.165, 1.54) is 52.6 Å². The third-order valence-corrected chi connectivity index (χ3v) is 7.13. The van der Waals surface area contributed by atoms with E-state index in [4.69, 9.17) is 18.9 Å². The number of unbranched alkanes of at least 4 members (excludes halogenated alkanes) is 10. The first-order chi connectivity index (χ1) is 18.8. The van der Waals surface area contributed by atoms with Crippen LogP contribution in [-0.4, -0.2) is 74.3 Å². The lowest BCUT2D eigenvalue weighted by atomic mass is 9.97. The van der Waals surface area contributed by atoms with Gasteiger partial charge in [0.1, 0.15) is 12.2 Å². The second-order valence-electron chi connectivity index (χ2n) is 10.7. The van der Waals surface area contributed by atoms with Crippen molar-refractivity contribution in [3.8, 4) is 0 Å². The molecule has 2 atom stereocenters. The molecule has 1 rings (SSSR count).